The van der Waals surface area contributed by atoms with Crippen LogP contribution in [-0.2, 0) is 16.6 Å². The summed E-state index contributed by atoms with van der Waals surface area (Å²) < 4.78 is 12.8. The van der Waals surface area contributed by atoms with Crippen LogP contribution in [-0.4, -0.2) is 53.5 Å². The molecule has 0 unspecified atom stereocenters. The van der Waals surface area contributed by atoms with Crippen LogP contribution in [0.4, 0.5) is 0 Å². The molecular weight excluding hydrogens is 306 g/mol. The fourth-order valence-corrected chi connectivity index (χ4v) is 2.86. The van der Waals surface area contributed by atoms with E-state index in [2.05, 4.69) is 5.10 Å². The minimum Gasteiger partial charge on any atom is -0.484 e. The minimum atomic E-state index is -0.00585. The summed E-state index contributed by atoms with van der Waals surface area (Å²) in [5.74, 6) is 0.679. The van der Waals surface area contributed by atoms with Gasteiger partial charge in [0.05, 0.1) is 6.20 Å². The number of rotatable bonds is 5. The van der Waals surface area contributed by atoms with Gasteiger partial charge in [-0.25, -0.2) is 0 Å². The fraction of sp³-hybridized carbons (Fsp3) is 0.444. The largest absolute Gasteiger partial charge is 0.484 e. The molecular formula is C18H23N3O3. The topological polar surface area (TPSA) is 56.6 Å². The molecule has 2 heterocycles. The van der Waals surface area contributed by atoms with Crippen LogP contribution >= 0.6 is 0 Å². The van der Waals surface area contributed by atoms with E-state index < -0.39 is 0 Å². The Morgan fingerprint density at radius 3 is 2.88 bits per heavy atom. The van der Waals surface area contributed by atoms with Crippen molar-refractivity contribution in [3.05, 3.63) is 36.7 Å². The Morgan fingerprint density at radius 1 is 1.38 bits per heavy atom. The van der Waals surface area contributed by atoms with E-state index in [1.165, 1.54) is 0 Å². The molecule has 1 aromatic heterocycles. The molecule has 0 atom stereocenters. The third-order valence-corrected chi connectivity index (χ3v) is 4.37. The highest BCUT2D eigenvalue weighted by Crippen LogP contribution is 2.23. The normalized spacial score (nSPS) is 15.2. The van der Waals surface area contributed by atoms with Crippen LogP contribution in [0.5, 0.6) is 5.75 Å². The minimum absolute atomic E-state index is 0.00585. The Morgan fingerprint density at radius 2 is 2.17 bits per heavy atom. The highest BCUT2D eigenvalue weighted by Gasteiger charge is 2.22. The number of benzene rings is 1. The van der Waals surface area contributed by atoms with Gasteiger partial charge in [0.2, 0.25) is 0 Å². The molecule has 1 fully saturated rings. The van der Waals surface area contributed by atoms with Gasteiger partial charge in [-0.3, -0.25) is 9.48 Å². The molecule has 1 amide bonds. The lowest BCUT2D eigenvalue weighted by atomic mass is 10.1. The summed E-state index contributed by atoms with van der Waals surface area (Å²) in [6.45, 7) is 1.48. The fourth-order valence-electron chi connectivity index (χ4n) is 2.86. The smallest absolute Gasteiger partial charge is 0.260 e. The lowest BCUT2D eigenvalue weighted by Crippen LogP contribution is -2.42. The quantitative estimate of drug-likeness (QED) is 0.843. The van der Waals surface area contributed by atoms with Gasteiger partial charge in [0.1, 0.15) is 5.75 Å². The zero-order valence-corrected chi connectivity index (χ0v) is 14.1. The summed E-state index contributed by atoms with van der Waals surface area (Å²) in [4.78, 5) is 14.1. The number of nitrogens with zero attached hydrogens (tertiary/aromatic N) is 3. The summed E-state index contributed by atoms with van der Waals surface area (Å²) in [5, 5.41) is 4.18. The van der Waals surface area contributed by atoms with Crippen LogP contribution in [0.25, 0.3) is 11.1 Å². The Hall–Kier alpha value is -2.34. The first kappa shape index (κ1) is 16.5. The van der Waals surface area contributed by atoms with Gasteiger partial charge in [0.15, 0.2) is 6.61 Å². The molecule has 0 aliphatic carbocycles. The molecule has 0 radical (unpaired) electrons. The van der Waals surface area contributed by atoms with Crippen molar-refractivity contribution in [1.82, 2.24) is 14.7 Å². The van der Waals surface area contributed by atoms with Crippen molar-refractivity contribution in [1.29, 1.82) is 0 Å². The molecule has 0 spiro atoms. The van der Waals surface area contributed by atoms with Gasteiger partial charge in [-0.05, 0) is 30.5 Å². The van der Waals surface area contributed by atoms with Crippen molar-refractivity contribution in [2.45, 2.75) is 18.9 Å². The van der Waals surface area contributed by atoms with Crippen molar-refractivity contribution in [3.63, 3.8) is 0 Å². The number of aromatic nitrogens is 2. The van der Waals surface area contributed by atoms with Gasteiger partial charge >= 0.3 is 0 Å². The molecule has 0 bridgehead atoms. The number of carbonyl (C=O) groups excluding carboxylic acids is 1. The highest BCUT2D eigenvalue weighted by atomic mass is 16.5. The second kappa shape index (κ2) is 7.49. The van der Waals surface area contributed by atoms with Gasteiger partial charge in [0.25, 0.3) is 5.91 Å². The van der Waals surface area contributed by atoms with E-state index in [0.29, 0.717) is 5.75 Å². The zero-order chi connectivity index (χ0) is 16.9. The summed E-state index contributed by atoms with van der Waals surface area (Å²) >= 11 is 0. The Labute approximate surface area is 142 Å². The maximum absolute atomic E-state index is 12.3. The third kappa shape index (κ3) is 3.94. The Bertz CT molecular complexity index is 692. The van der Waals surface area contributed by atoms with Crippen molar-refractivity contribution in [3.8, 4) is 16.9 Å². The van der Waals surface area contributed by atoms with E-state index in [4.69, 9.17) is 9.47 Å². The molecule has 6 nitrogen and oxygen atoms in total. The van der Waals surface area contributed by atoms with Crippen molar-refractivity contribution < 1.29 is 14.3 Å². The summed E-state index contributed by atoms with van der Waals surface area (Å²) in [7, 11) is 3.72. The molecule has 1 saturated heterocycles. The predicted octanol–water partition coefficient (Wildman–Crippen LogP) is 2.10. The lowest BCUT2D eigenvalue weighted by Gasteiger charge is -2.31. The van der Waals surface area contributed by atoms with Gasteiger partial charge in [-0.15, -0.1) is 0 Å². The number of likely N-dealkylation sites (N-methyl/N-ethyl adjacent to an activating group) is 1. The zero-order valence-electron chi connectivity index (χ0n) is 14.1. The molecule has 0 N–H and O–H groups in total. The van der Waals surface area contributed by atoms with E-state index >= 15 is 0 Å². The average molecular weight is 329 g/mol. The second-order valence-corrected chi connectivity index (χ2v) is 6.07. The van der Waals surface area contributed by atoms with Crippen LogP contribution in [0.15, 0.2) is 36.7 Å². The van der Waals surface area contributed by atoms with E-state index in [1.807, 2.05) is 50.8 Å². The highest BCUT2D eigenvalue weighted by molar-refractivity contribution is 5.78. The molecule has 128 valence electrons. The van der Waals surface area contributed by atoms with Gasteiger partial charge in [-0.1, -0.05) is 12.1 Å². The Kier molecular flexibility index (Phi) is 5.15. The number of hydrogen-bond donors (Lipinski definition) is 0. The van der Waals surface area contributed by atoms with Crippen LogP contribution in [0.3, 0.4) is 0 Å². The van der Waals surface area contributed by atoms with E-state index in [-0.39, 0.29) is 18.6 Å². The first-order valence-corrected chi connectivity index (χ1v) is 8.19. The predicted molar refractivity (Wildman–Crippen MR) is 90.8 cm³/mol. The van der Waals surface area contributed by atoms with Crippen LogP contribution in [0.2, 0.25) is 0 Å². The van der Waals surface area contributed by atoms with Gasteiger partial charge in [0, 0.05) is 45.1 Å². The molecule has 6 heteroatoms. The van der Waals surface area contributed by atoms with Gasteiger partial charge < -0.3 is 14.4 Å². The van der Waals surface area contributed by atoms with Crippen molar-refractivity contribution in [2.24, 2.45) is 7.05 Å². The summed E-state index contributed by atoms with van der Waals surface area (Å²) in [6, 6.07) is 7.96. The van der Waals surface area contributed by atoms with Crippen LogP contribution < -0.4 is 4.74 Å². The summed E-state index contributed by atoms with van der Waals surface area (Å²) in [6.07, 6.45) is 5.53. The van der Waals surface area contributed by atoms with Crippen LogP contribution in [0, 0.1) is 0 Å². The summed E-state index contributed by atoms with van der Waals surface area (Å²) in [5.41, 5.74) is 2.04. The monoisotopic (exact) mass is 329 g/mol. The molecule has 0 saturated carbocycles. The number of ether oxygens (including phenoxy) is 2. The standard InChI is InChI=1S/C18H23N3O3/c1-20-12-15(11-19-20)14-4-3-5-17(10-14)24-13-18(22)21(2)16-6-8-23-9-7-16/h3-5,10-12,16H,6-9,13H2,1-2H3. The molecule has 1 aliphatic rings. The van der Waals surface area contributed by atoms with Gasteiger partial charge in [-0.2, -0.15) is 5.10 Å². The number of hydrogen-bond acceptors (Lipinski definition) is 4. The second-order valence-electron chi connectivity index (χ2n) is 6.07. The number of carbonyl (C=O) groups is 1. The van der Waals surface area contributed by atoms with E-state index in [0.717, 1.165) is 37.2 Å². The lowest BCUT2D eigenvalue weighted by molar-refractivity contribution is -0.135. The number of aryl methyl sites for hydroxylation is 1. The molecule has 24 heavy (non-hydrogen) atoms. The van der Waals surface area contributed by atoms with E-state index in [9.17, 15) is 4.79 Å². The molecule has 3 rings (SSSR count). The molecule has 1 aliphatic heterocycles. The molecule has 1 aromatic carbocycles. The maximum Gasteiger partial charge on any atom is 0.260 e. The van der Waals surface area contributed by atoms with E-state index in [1.54, 1.807) is 9.58 Å². The average Bonchev–Trinajstić information content (AvgIpc) is 3.06. The van der Waals surface area contributed by atoms with Crippen molar-refractivity contribution in [2.75, 3.05) is 26.9 Å². The van der Waals surface area contributed by atoms with Crippen molar-refractivity contribution >= 4 is 5.91 Å². The maximum atomic E-state index is 12.3. The first-order chi connectivity index (χ1) is 11.6. The van der Waals surface area contributed by atoms with Crippen LogP contribution in [0.1, 0.15) is 12.8 Å². The number of amides is 1. The SMILES string of the molecule is CN(C(=O)COc1cccc(-c2cnn(C)c2)c1)C1CCOCC1. The Balaban J connectivity index is 1.59. The first-order valence-electron chi connectivity index (χ1n) is 8.19. The molecule has 2 aromatic rings. The third-order valence-electron chi connectivity index (χ3n) is 4.37.